The molecule has 1 saturated carbocycles. The van der Waals surface area contributed by atoms with Crippen molar-refractivity contribution >= 4 is 35.2 Å². The van der Waals surface area contributed by atoms with Gasteiger partial charge in [-0.25, -0.2) is 4.39 Å². The molecule has 1 aliphatic carbocycles. The van der Waals surface area contributed by atoms with E-state index < -0.39 is 6.04 Å². The summed E-state index contributed by atoms with van der Waals surface area (Å²) in [7, 11) is 0. The molecular weight excluding hydrogens is 519 g/mol. The van der Waals surface area contributed by atoms with E-state index in [0.717, 1.165) is 42.4 Å². The Hall–Kier alpha value is -2.83. The molecule has 1 N–H and O–H groups in total. The summed E-state index contributed by atoms with van der Waals surface area (Å²) in [6, 6.07) is 21.9. The molecule has 1 atom stereocenters. The van der Waals surface area contributed by atoms with Crippen molar-refractivity contribution < 1.29 is 14.0 Å². The lowest BCUT2D eigenvalue weighted by Gasteiger charge is -2.32. The van der Waals surface area contributed by atoms with Crippen LogP contribution in [0.4, 0.5) is 4.39 Å². The van der Waals surface area contributed by atoms with Crippen molar-refractivity contribution in [3.05, 3.63) is 106 Å². The average molecular weight is 553 g/mol. The van der Waals surface area contributed by atoms with Crippen LogP contribution in [0.25, 0.3) is 0 Å². The molecule has 1 fully saturated rings. The lowest BCUT2D eigenvalue weighted by Crippen LogP contribution is -2.52. The number of amides is 2. The van der Waals surface area contributed by atoms with Gasteiger partial charge in [-0.1, -0.05) is 90.7 Å². The Labute approximate surface area is 234 Å². The first-order valence-electron chi connectivity index (χ1n) is 13.1. The first-order valence-corrected chi connectivity index (χ1v) is 14.6. The zero-order valence-corrected chi connectivity index (χ0v) is 23.2. The van der Waals surface area contributed by atoms with E-state index in [-0.39, 0.29) is 35.2 Å². The molecule has 0 saturated heterocycles. The van der Waals surface area contributed by atoms with Crippen LogP contribution in [-0.2, 0) is 28.3 Å². The van der Waals surface area contributed by atoms with E-state index >= 15 is 0 Å². The number of halogens is 2. The summed E-state index contributed by atoms with van der Waals surface area (Å²) >= 11 is 7.50. The maximum absolute atomic E-state index is 14.3. The Morgan fingerprint density at radius 2 is 1.74 bits per heavy atom. The Morgan fingerprint density at radius 3 is 2.45 bits per heavy atom. The first kappa shape index (κ1) is 28.2. The Bertz CT molecular complexity index is 1210. The topological polar surface area (TPSA) is 49.4 Å². The van der Waals surface area contributed by atoms with Crippen molar-refractivity contribution in [1.29, 1.82) is 0 Å². The normalized spacial score (nSPS) is 14.3. The third-order valence-electron chi connectivity index (χ3n) is 6.94. The van der Waals surface area contributed by atoms with Gasteiger partial charge in [0, 0.05) is 35.3 Å². The number of rotatable bonds is 11. The summed E-state index contributed by atoms with van der Waals surface area (Å²) < 4.78 is 14.3. The van der Waals surface area contributed by atoms with Gasteiger partial charge in [-0.2, -0.15) is 0 Å². The van der Waals surface area contributed by atoms with Crippen LogP contribution in [0.2, 0.25) is 5.02 Å². The van der Waals surface area contributed by atoms with Gasteiger partial charge in [-0.05, 0) is 43.0 Å². The van der Waals surface area contributed by atoms with Crippen LogP contribution in [0.15, 0.2) is 72.8 Å². The van der Waals surface area contributed by atoms with Crippen molar-refractivity contribution in [1.82, 2.24) is 10.2 Å². The number of thioether (sulfide) groups is 1. The highest BCUT2D eigenvalue weighted by Crippen LogP contribution is 2.25. The highest BCUT2D eigenvalue weighted by atomic mass is 35.5. The van der Waals surface area contributed by atoms with Crippen molar-refractivity contribution in [3.8, 4) is 0 Å². The molecule has 1 aliphatic rings. The monoisotopic (exact) mass is 552 g/mol. The van der Waals surface area contributed by atoms with Gasteiger partial charge >= 0.3 is 0 Å². The predicted octanol–water partition coefficient (Wildman–Crippen LogP) is 6.72. The second-order valence-corrected chi connectivity index (χ2v) is 11.3. The molecule has 1 unspecified atom stereocenters. The van der Waals surface area contributed by atoms with E-state index in [1.165, 1.54) is 17.8 Å². The van der Waals surface area contributed by atoms with Gasteiger partial charge in [0.1, 0.15) is 11.9 Å². The maximum Gasteiger partial charge on any atom is 0.243 e. The minimum atomic E-state index is -0.663. The molecule has 7 heteroatoms. The number of nitrogens with one attached hydrogen (secondary N) is 1. The van der Waals surface area contributed by atoms with E-state index in [0.29, 0.717) is 23.6 Å². The van der Waals surface area contributed by atoms with Gasteiger partial charge in [-0.3, -0.25) is 9.59 Å². The van der Waals surface area contributed by atoms with Crippen molar-refractivity contribution in [2.75, 3.05) is 5.75 Å². The van der Waals surface area contributed by atoms with E-state index in [9.17, 15) is 14.0 Å². The van der Waals surface area contributed by atoms with Gasteiger partial charge in [0.05, 0.1) is 5.75 Å². The van der Waals surface area contributed by atoms with Crippen LogP contribution in [0.5, 0.6) is 0 Å². The maximum atomic E-state index is 14.3. The number of aryl methyl sites for hydroxylation is 1. The minimum Gasteiger partial charge on any atom is -0.352 e. The van der Waals surface area contributed by atoms with Crippen molar-refractivity contribution in [2.24, 2.45) is 0 Å². The molecule has 200 valence electrons. The smallest absolute Gasteiger partial charge is 0.243 e. The number of hydrogen-bond acceptors (Lipinski definition) is 3. The van der Waals surface area contributed by atoms with Crippen LogP contribution >= 0.6 is 23.4 Å². The standard InChI is InChI=1S/C31H34ClFN2O2S/c1-22-9-7-12-24(17-22)19-35(30(36)21-38-20-26-27(32)15-8-16-28(26)33)29(18-23-10-3-2-4-11-23)31(37)34-25-13-5-6-14-25/h2-4,7-12,15-17,25,29H,5-6,13-14,18-21H2,1H3,(H,34,37). The molecule has 0 aromatic heterocycles. The Balaban J connectivity index is 1.58. The van der Waals surface area contributed by atoms with Gasteiger partial charge in [-0.15, -0.1) is 11.8 Å². The summed E-state index contributed by atoms with van der Waals surface area (Å²) in [6.07, 6.45) is 4.56. The summed E-state index contributed by atoms with van der Waals surface area (Å²) in [5.74, 6) is -0.284. The van der Waals surface area contributed by atoms with Crippen molar-refractivity contribution in [2.45, 2.75) is 63.4 Å². The lowest BCUT2D eigenvalue weighted by molar-refractivity contribution is -0.139. The van der Waals surface area contributed by atoms with E-state index in [1.54, 1.807) is 17.0 Å². The first-order chi connectivity index (χ1) is 18.4. The van der Waals surface area contributed by atoms with Crippen LogP contribution in [0.3, 0.4) is 0 Å². The molecule has 0 radical (unpaired) electrons. The molecule has 4 rings (SSSR count). The number of hydrogen-bond donors (Lipinski definition) is 1. The van der Waals surface area contributed by atoms with E-state index in [1.807, 2.05) is 61.5 Å². The third-order valence-corrected chi connectivity index (χ3v) is 8.24. The number of carbonyl (C=O) groups excluding carboxylic acids is 2. The van der Waals surface area contributed by atoms with E-state index in [2.05, 4.69) is 5.32 Å². The Morgan fingerprint density at radius 1 is 1.03 bits per heavy atom. The lowest BCUT2D eigenvalue weighted by atomic mass is 10.0. The van der Waals surface area contributed by atoms with Gasteiger partial charge in [0.25, 0.3) is 0 Å². The quantitative estimate of drug-likeness (QED) is 0.287. The molecule has 0 spiro atoms. The van der Waals surface area contributed by atoms with E-state index in [4.69, 9.17) is 11.6 Å². The summed E-state index contributed by atoms with van der Waals surface area (Å²) in [5, 5.41) is 3.57. The third kappa shape index (κ3) is 7.84. The van der Waals surface area contributed by atoms with Gasteiger partial charge in [0.2, 0.25) is 11.8 Å². The van der Waals surface area contributed by atoms with Crippen molar-refractivity contribution in [3.63, 3.8) is 0 Å². The van der Waals surface area contributed by atoms with Gasteiger partial charge in [0.15, 0.2) is 0 Å². The number of carbonyl (C=O) groups is 2. The molecule has 2 amide bonds. The van der Waals surface area contributed by atoms with Gasteiger partial charge < -0.3 is 10.2 Å². The molecule has 0 bridgehead atoms. The fourth-order valence-corrected chi connectivity index (χ4v) is 6.17. The van der Waals surface area contributed by atoms with Crippen LogP contribution < -0.4 is 5.32 Å². The van der Waals surface area contributed by atoms with Crippen LogP contribution in [-0.4, -0.2) is 34.6 Å². The van der Waals surface area contributed by atoms with Crippen LogP contribution in [0, 0.1) is 12.7 Å². The second kappa shape index (κ2) is 13.8. The fraction of sp³-hybridized carbons (Fsp3) is 0.355. The number of benzene rings is 3. The zero-order chi connectivity index (χ0) is 26.9. The zero-order valence-electron chi connectivity index (χ0n) is 21.7. The average Bonchev–Trinajstić information content (AvgIpc) is 3.41. The molecule has 0 aliphatic heterocycles. The summed E-state index contributed by atoms with van der Waals surface area (Å²) in [4.78, 5) is 29.2. The summed E-state index contributed by atoms with van der Waals surface area (Å²) in [6.45, 7) is 2.33. The highest BCUT2D eigenvalue weighted by molar-refractivity contribution is 7.99. The van der Waals surface area contributed by atoms with Crippen LogP contribution in [0.1, 0.15) is 47.9 Å². The highest BCUT2D eigenvalue weighted by Gasteiger charge is 2.32. The fourth-order valence-electron chi connectivity index (χ4n) is 4.92. The number of nitrogens with zero attached hydrogens (tertiary/aromatic N) is 1. The molecule has 0 heterocycles. The molecule has 3 aromatic rings. The molecule has 38 heavy (non-hydrogen) atoms. The Kier molecular flexibility index (Phi) is 10.2. The largest absolute Gasteiger partial charge is 0.352 e. The minimum absolute atomic E-state index is 0.110. The predicted molar refractivity (Wildman–Crippen MR) is 154 cm³/mol. The molecule has 3 aromatic carbocycles. The SMILES string of the molecule is Cc1cccc(CN(C(=O)CSCc2c(F)cccc2Cl)C(Cc2ccccc2)C(=O)NC2CCCC2)c1. The second-order valence-electron chi connectivity index (χ2n) is 9.90. The summed E-state index contributed by atoms with van der Waals surface area (Å²) in [5.41, 5.74) is 3.43. The molecule has 4 nitrogen and oxygen atoms in total. The molecular formula is C31H34ClFN2O2S.